The number of hydrogen-bond acceptors (Lipinski definition) is 2. The Morgan fingerprint density at radius 3 is 1.89 bits per heavy atom. The zero-order chi connectivity index (χ0) is 9.02. The largest absolute Gasteiger partial charge is 0.294 e. The molecule has 0 N–H and O–H groups in total. The summed E-state index contributed by atoms with van der Waals surface area (Å²) in [5, 5.41) is 0. The van der Waals surface area contributed by atoms with E-state index in [0.717, 1.165) is 0 Å². The monoisotopic (exact) mass is 126 g/mol. The van der Waals surface area contributed by atoms with E-state index in [4.69, 9.17) is 2.74 Å². The number of hydrogen-bond donors (Lipinski definition) is 0. The summed E-state index contributed by atoms with van der Waals surface area (Å²) in [4.78, 5) is 21.3. The number of carbonyl (C=O) groups excluding carboxylic acids is 2. The smallest absolute Gasteiger partial charge is 0.162 e. The molecule has 2 heteroatoms. The van der Waals surface area contributed by atoms with Crippen molar-refractivity contribution in [2.45, 2.75) is 6.42 Å². The average molecular weight is 126 g/mol. The van der Waals surface area contributed by atoms with Crippen LogP contribution in [0.1, 0.15) is 9.16 Å². The second-order valence-corrected chi connectivity index (χ2v) is 1.38. The fraction of sp³-hybridized carbons (Fsp3) is 0.143. The highest BCUT2D eigenvalue weighted by Gasteiger charge is 1.99. The minimum Gasteiger partial charge on any atom is -0.294 e. The van der Waals surface area contributed by atoms with Crippen molar-refractivity contribution in [1.82, 2.24) is 0 Å². The molecule has 9 heavy (non-hydrogen) atoms. The van der Waals surface area contributed by atoms with Gasteiger partial charge in [0.05, 0.1) is 9.16 Å². The Morgan fingerprint density at radius 1 is 1.33 bits per heavy atom. The fourth-order valence-electron chi connectivity index (χ4n) is 0.271. The second kappa shape index (κ2) is 3.78. The van der Waals surface area contributed by atoms with Crippen LogP contribution in [0.4, 0.5) is 0 Å². The van der Waals surface area contributed by atoms with Crippen LogP contribution in [0.25, 0.3) is 0 Å². The van der Waals surface area contributed by atoms with Crippen molar-refractivity contribution < 1.29 is 12.3 Å². The van der Waals surface area contributed by atoms with Gasteiger partial charge in [0.25, 0.3) is 0 Å². The molecule has 0 aliphatic heterocycles. The van der Waals surface area contributed by atoms with Gasteiger partial charge in [-0.1, -0.05) is 13.2 Å². The van der Waals surface area contributed by atoms with E-state index < -0.39 is 30.1 Å². The summed E-state index contributed by atoms with van der Waals surface area (Å²) in [6.07, 6.45) is -0.468. The maximum atomic E-state index is 10.6. The molecule has 0 fully saturated rings. The van der Waals surface area contributed by atoms with E-state index in [0.29, 0.717) is 0 Å². The minimum atomic E-state index is -0.664. The maximum absolute atomic E-state index is 10.6. The zero-order valence-corrected chi connectivity index (χ0v) is 4.94. The highest BCUT2D eigenvalue weighted by molar-refractivity contribution is 6.08. The van der Waals surface area contributed by atoms with Gasteiger partial charge in [-0.15, -0.1) is 0 Å². The van der Waals surface area contributed by atoms with Gasteiger partial charge in [-0.2, -0.15) is 0 Å². The van der Waals surface area contributed by atoms with Gasteiger partial charge in [-0.25, -0.2) is 0 Å². The summed E-state index contributed by atoms with van der Waals surface area (Å²) in [6, 6.07) is -0.834. The lowest BCUT2D eigenvalue weighted by Gasteiger charge is -1.85. The number of carbonyl (C=O) groups is 2. The van der Waals surface area contributed by atoms with Gasteiger partial charge in [0.2, 0.25) is 0 Å². The summed E-state index contributed by atoms with van der Waals surface area (Å²) in [5.74, 6) is -1.33. The summed E-state index contributed by atoms with van der Waals surface area (Å²) in [5.41, 5.74) is 0. The van der Waals surface area contributed by atoms with Crippen molar-refractivity contribution in [3.63, 3.8) is 0 Å². The van der Waals surface area contributed by atoms with Crippen molar-refractivity contribution in [3.8, 4) is 0 Å². The van der Waals surface area contributed by atoms with Gasteiger partial charge < -0.3 is 0 Å². The Bertz CT molecular complexity index is 207. The second-order valence-electron chi connectivity index (χ2n) is 1.38. The third kappa shape index (κ3) is 3.41. The van der Waals surface area contributed by atoms with E-state index >= 15 is 0 Å². The maximum Gasteiger partial charge on any atom is 0.162 e. The molecule has 0 aliphatic carbocycles. The summed E-state index contributed by atoms with van der Waals surface area (Å²) in [6.45, 7) is 6.08. The van der Waals surface area contributed by atoms with Gasteiger partial charge in [-0.3, -0.25) is 9.59 Å². The van der Waals surface area contributed by atoms with Crippen molar-refractivity contribution in [1.29, 1.82) is 0 Å². The van der Waals surface area contributed by atoms with Crippen LogP contribution in [-0.4, -0.2) is 11.6 Å². The molecule has 2 nitrogen and oxygen atoms in total. The normalized spacial score (nSPS) is 11.1. The highest BCUT2D eigenvalue weighted by Crippen LogP contribution is 1.86. The van der Waals surface area contributed by atoms with Crippen LogP contribution in [-0.2, 0) is 9.59 Å². The van der Waals surface area contributed by atoms with Gasteiger partial charge in [0.1, 0.15) is 0 Å². The van der Waals surface area contributed by atoms with E-state index in [9.17, 15) is 9.59 Å². The lowest BCUT2D eigenvalue weighted by atomic mass is 10.2. The topological polar surface area (TPSA) is 34.1 Å². The molecule has 0 aromatic carbocycles. The molecule has 0 rings (SSSR count). The molecule has 0 saturated heterocycles. The molecule has 0 heterocycles. The summed E-state index contributed by atoms with van der Waals surface area (Å²) < 4.78 is 13.5. The molecule has 0 unspecified atom stereocenters. The van der Waals surface area contributed by atoms with E-state index in [1.165, 1.54) is 0 Å². The van der Waals surface area contributed by atoms with Crippen LogP contribution < -0.4 is 0 Å². The Labute approximate surface area is 56.7 Å². The highest BCUT2D eigenvalue weighted by atomic mass is 16.1. The van der Waals surface area contributed by atoms with Crippen molar-refractivity contribution >= 4 is 11.6 Å². The first-order valence-electron chi connectivity index (χ1n) is 3.32. The van der Waals surface area contributed by atoms with Crippen LogP contribution in [0.5, 0.6) is 0 Å². The first kappa shape index (κ1) is 4.68. The SMILES string of the molecule is [2H]C(=C)C(=O)CC(=O)C([2H])=C. The van der Waals surface area contributed by atoms with E-state index in [2.05, 4.69) is 13.2 Å². The third-order valence-electron chi connectivity index (χ3n) is 0.715. The molecule has 0 radical (unpaired) electrons. The van der Waals surface area contributed by atoms with Crippen LogP contribution in [0.2, 0.25) is 0 Å². The zero-order valence-electron chi connectivity index (χ0n) is 6.94. The predicted octanol–water partition coefficient (Wildman–Crippen LogP) is 0.887. The molecular weight excluding hydrogens is 116 g/mol. The molecule has 48 valence electrons. The standard InChI is InChI=1S/C7H8O2/c1-3-6(8)5-7(9)4-2/h3-4H,1-2,5H2/i3D,4D. The fourth-order valence-corrected chi connectivity index (χ4v) is 0.271. The van der Waals surface area contributed by atoms with Crippen molar-refractivity contribution in [3.05, 3.63) is 25.3 Å². The van der Waals surface area contributed by atoms with Crippen LogP contribution in [0.15, 0.2) is 25.3 Å². The Balaban J connectivity index is 4.07. The van der Waals surface area contributed by atoms with Crippen molar-refractivity contribution in [2.75, 3.05) is 0 Å². The average Bonchev–Trinajstić information content (AvgIpc) is 1.87. The molecule has 0 bridgehead atoms. The quantitative estimate of drug-likeness (QED) is 0.414. The predicted molar refractivity (Wildman–Crippen MR) is 35.0 cm³/mol. The minimum absolute atomic E-state index is 0.417. The summed E-state index contributed by atoms with van der Waals surface area (Å²) in [7, 11) is 0. The number of rotatable bonds is 4. The first-order chi connectivity index (χ1) is 4.95. The molecule has 0 aromatic rings. The first-order valence-corrected chi connectivity index (χ1v) is 2.32. The van der Waals surface area contributed by atoms with Gasteiger partial charge >= 0.3 is 0 Å². The van der Waals surface area contributed by atoms with Crippen LogP contribution in [0.3, 0.4) is 0 Å². The Hall–Kier alpha value is -1.18. The van der Waals surface area contributed by atoms with Gasteiger partial charge in [0.15, 0.2) is 11.6 Å². The van der Waals surface area contributed by atoms with Gasteiger partial charge in [-0.05, 0) is 12.1 Å². The molecule has 0 aromatic heterocycles. The third-order valence-corrected chi connectivity index (χ3v) is 0.715. The molecular formula is C7H8O2. The number of allylic oxidation sites excluding steroid dienone is 2. The lowest BCUT2D eigenvalue weighted by Crippen LogP contribution is -2.00. The Morgan fingerprint density at radius 2 is 1.67 bits per heavy atom. The van der Waals surface area contributed by atoms with Crippen molar-refractivity contribution in [2.24, 2.45) is 0 Å². The summed E-state index contributed by atoms with van der Waals surface area (Å²) >= 11 is 0. The number of ketones is 2. The van der Waals surface area contributed by atoms with E-state index in [1.54, 1.807) is 0 Å². The Kier molecular flexibility index (Phi) is 1.96. The van der Waals surface area contributed by atoms with Crippen LogP contribution >= 0.6 is 0 Å². The molecule has 0 aliphatic rings. The van der Waals surface area contributed by atoms with E-state index in [1.807, 2.05) is 0 Å². The van der Waals surface area contributed by atoms with E-state index in [-0.39, 0.29) is 0 Å². The van der Waals surface area contributed by atoms with Gasteiger partial charge in [0, 0.05) is 0 Å². The molecule has 0 saturated carbocycles. The molecule has 0 amide bonds. The lowest BCUT2D eigenvalue weighted by molar-refractivity contribution is -0.121. The van der Waals surface area contributed by atoms with Crippen LogP contribution in [0, 0.1) is 0 Å². The molecule has 0 atom stereocenters. The molecule has 0 spiro atoms.